The summed E-state index contributed by atoms with van der Waals surface area (Å²) in [4.78, 5) is 25.0. The summed E-state index contributed by atoms with van der Waals surface area (Å²) in [6.07, 6.45) is 1.46. The average molecular weight is 291 g/mol. The first kappa shape index (κ1) is 14.5. The predicted octanol–water partition coefficient (Wildman–Crippen LogP) is 1.84. The number of aryl methyl sites for hydroxylation is 1. The summed E-state index contributed by atoms with van der Waals surface area (Å²) in [7, 11) is 2.92. The molecule has 0 N–H and O–H groups in total. The Hall–Kier alpha value is -2.90. The lowest BCUT2D eigenvalue weighted by atomic mass is 10.1. The van der Waals surface area contributed by atoms with Crippen molar-refractivity contribution < 1.29 is 19.2 Å². The van der Waals surface area contributed by atoms with Gasteiger partial charge in [0.25, 0.3) is 0 Å². The molecule has 0 saturated carbocycles. The van der Waals surface area contributed by atoms with Crippen LogP contribution in [0.5, 0.6) is 11.6 Å². The molecule has 1 aromatic heterocycles. The maximum Gasteiger partial charge on any atom is 0.427 e. The Labute approximate surface area is 120 Å². The highest BCUT2D eigenvalue weighted by molar-refractivity contribution is 5.72. The zero-order valence-electron chi connectivity index (χ0n) is 11.5. The molecule has 2 aromatic rings. The maximum atomic E-state index is 11.1. The van der Waals surface area contributed by atoms with Gasteiger partial charge in [0.15, 0.2) is 0 Å². The molecule has 8 nitrogen and oxygen atoms in total. The molecule has 0 radical (unpaired) electrons. The molecular weight excluding hydrogens is 278 g/mol. The SMILES string of the molecule is COC(=O)Cc1ccc(Oc2c([N+](=O)[O-])ncn2C)cc1. The smallest absolute Gasteiger partial charge is 0.427 e. The van der Waals surface area contributed by atoms with Gasteiger partial charge in [-0.15, -0.1) is 0 Å². The number of methoxy groups -OCH3 is 1. The number of hydrogen-bond donors (Lipinski definition) is 0. The molecular formula is C13H13N3O5. The van der Waals surface area contributed by atoms with E-state index < -0.39 is 4.92 Å². The Bertz CT molecular complexity index is 663. The first-order valence-corrected chi connectivity index (χ1v) is 6.00. The minimum Gasteiger partial charge on any atom is -0.469 e. The summed E-state index contributed by atoms with van der Waals surface area (Å²) in [6, 6.07) is 6.62. The van der Waals surface area contributed by atoms with Gasteiger partial charge in [0.05, 0.1) is 13.5 Å². The van der Waals surface area contributed by atoms with Crippen LogP contribution in [0.25, 0.3) is 0 Å². The monoisotopic (exact) mass is 291 g/mol. The molecule has 0 saturated heterocycles. The molecule has 21 heavy (non-hydrogen) atoms. The summed E-state index contributed by atoms with van der Waals surface area (Å²) in [5.41, 5.74) is 0.758. The molecule has 2 rings (SSSR count). The zero-order chi connectivity index (χ0) is 15.4. The molecule has 0 spiro atoms. The molecule has 0 aliphatic heterocycles. The number of rotatable bonds is 5. The lowest BCUT2D eigenvalue weighted by molar-refractivity contribution is -0.390. The topological polar surface area (TPSA) is 96.5 Å². The third-order valence-corrected chi connectivity index (χ3v) is 2.75. The van der Waals surface area contributed by atoms with Gasteiger partial charge in [-0.25, -0.2) is 0 Å². The van der Waals surface area contributed by atoms with Gasteiger partial charge >= 0.3 is 17.7 Å². The van der Waals surface area contributed by atoms with E-state index in [0.717, 1.165) is 5.56 Å². The molecule has 1 heterocycles. The fourth-order valence-corrected chi connectivity index (χ4v) is 1.68. The molecule has 1 aromatic carbocycles. The standard InChI is InChI=1S/C13H13N3O5/c1-15-8-14-12(16(18)19)13(15)21-10-5-3-9(4-6-10)7-11(17)20-2/h3-6,8H,7H2,1-2H3. The van der Waals surface area contributed by atoms with Crippen molar-refractivity contribution in [3.8, 4) is 11.6 Å². The number of nitro groups is 1. The summed E-state index contributed by atoms with van der Waals surface area (Å²) in [5, 5.41) is 10.8. The van der Waals surface area contributed by atoms with Crippen LogP contribution in [0.3, 0.4) is 0 Å². The number of aromatic nitrogens is 2. The minimum atomic E-state index is -0.610. The largest absolute Gasteiger partial charge is 0.469 e. The maximum absolute atomic E-state index is 11.1. The number of esters is 1. The Morgan fingerprint density at radius 2 is 2.05 bits per heavy atom. The first-order valence-electron chi connectivity index (χ1n) is 6.00. The van der Waals surface area contributed by atoms with Crippen LogP contribution >= 0.6 is 0 Å². The Kier molecular flexibility index (Phi) is 4.17. The second-order valence-corrected chi connectivity index (χ2v) is 4.24. The normalized spacial score (nSPS) is 10.2. The van der Waals surface area contributed by atoms with Gasteiger partial charge in [-0.2, -0.15) is 0 Å². The quantitative estimate of drug-likeness (QED) is 0.473. The van der Waals surface area contributed by atoms with Crippen LogP contribution < -0.4 is 4.74 Å². The lowest BCUT2D eigenvalue weighted by Crippen LogP contribution is -2.04. The fraction of sp³-hybridized carbons (Fsp3) is 0.231. The van der Waals surface area contributed by atoms with E-state index in [-0.39, 0.29) is 24.1 Å². The second-order valence-electron chi connectivity index (χ2n) is 4.24. The van der Waals surface area contributed by atoms with Crippen molar-refractivity contribution in [1.82, 2.24) is 9.55 Å². The van der Waals surface area contributed by atoms with Crippen molar-refractivity contribution in [2.45, 2.75) is 6.42 Å². The van der Waals surface area contributed by atoms with E-state index in [9.17, 15) is 14.9 Å². The molecule has 0 aliphatic carbocycles. The molecule has 0 bridgehead atoms. The molecule has 0 unspecified atom stereocenters. The van der Waals surface area contributed by atoms with Crippen molar-refractivity contribution in [2.75, 3.05) is 7.11 Å². The van der Waals surface area contributed by atoms with Gasteiger partial charge in [0.1, 0.15) is 5.75 Å². The van der Waals surface area contributed by atoms with Crippen molar-refractivity contribution in [3.05, 3.63) is 46.3 Å². The second kappa shape index (κ2) is 6.04. The van der Waals surface area contributed by atoms with Crippen molar-refractivity contribution in [2.24, 2.45) is 7.05 Å². The highest BCUT2D eigenvalue weighted by atomic mass is 16.6. The van der Waals surface area contributed by atoms with E-state index >= 15 is 0 Å². The van der Waals surface area contributed by atoms with E-state index in [2.05, 4.69) is 9.72 Å². The van der Waals surface area contributed by atoms with E-state index in [4.69, 9.17) is 4.74 Å². The van der Waals surface area contributed by atoms with Crippen LogP contribution in [-0.2, 0) is 23.0 Å². The van der Waals surface area contributed by atoms with Gasteiger partial charge in [0, 0.05) is 7.05 Å². The van der Waals surface area contributed by atoms with E-state index in [1.165, 1.54) is 18.0 Å². The third kappa shape index (κ3) is 3.35. The molecule has 0 aliphatic rings. The Balaban J connectivity index is 2.16. The van der Waals surface area contributed by atoms with Crippen molar-refractivity contribution in [3.63, 3.8) is 0 Å². The van der Waals surface area contributed by atoms with Gasteiger partial charge in [-0.1, -0.05) is 12.1 Å². The number of hydrogen-bond acceptors (Lipinski definition) is 6. The van der Waals surface area contributed by atoms with Gasteiger partial charge < -0.3 is 19.6 Å². The van der Waals surface area contributed by atoms with Crippen LogP contribution in [0.1, 0.15) is 5.56 Å². The molecule has 0 atom stereocenters. The highest BCUT2D eigenvalue weighted by Crippen LogP contribution is 2.29. The van der Waals surface area contributed by atoms with Crippen LogP contribution in [0, 0.1) is 10.1 Å². The number of ether oxygens (including phenoxy) is 2. The number of imidazole rings is 1. The highest BCUT2D eigenvalue weighted by Gasteiger charge is 2.22. The molecule has 0 amide bonds. The number of carbonyl (C=O) groups excluding carboxylic acids is 1. The summed E-state index contributed by atoms with van der Waals surface area (Å²) in [6.45, 7) is 0. The predicted molar refractivity (Wildman–Crippen MR) is 72.1 cm³/mol. The van der Waals surface area contributed by atoms with E-state index in [0.29, 0.717) is 5.75 Å². The number of nitrogens with zero attached hydrogens (tertiary/aromatic N) is 3. The summed E-state index contributed by atoms with van der Waals surface area (Å²) >= 11 is 0. The number of benzene rings is 1. The Morgan fingerprint density at radius 3 is 2.62 bits per heavy atom. The van der Waals surface area contributed by atoms with Crippen molar-refractivity contribution in [1.29, 1.82) is 0 Å². The van der Waals surface area contributed by atoms with Gasteiger partial charge in [-0.05, 0) is 27.6 Å². The zero-order valence-corrected chi connectivity index (χ0v) is 11.5. The minimum absolute atomic E-state index is 0.0423. The molecule has 8 heteroatoms. The van der Waals surface area contributed by atoms with Gasteiger partial charge in [0.2, 0.25) is 6.33 Å². The van der Waals surface area contributed by atoms with Crippen LogP contribution in [-0.4, -0.2) is 27.6 Å². The number of carbonyl (C=O) groups is 1. The van der Waals surface area contributed by atoms with E-state index in [1.807, 2.05) is 0 Å². The summed E-state index contributed by atoms with van der Waals surface area (Å²) in [5.74, 6) is -0.238. The Morgan fingerprint density at radius 1 is 1.38 bits per heavy atom. The molecule has 110 valence electrons. The van der Waals surface area contributed by atoms with Crippen LogP contribution in [0.15, 0.2) is 30.6 Å². The van der Waals surface area contributed by atoms with Gasteiger partial charge in [-0.3, -0.25) is 9.36 Å². The third-order valence-electron chi connectivity index (χ3n) is 2.75. The van der Waals surface area contributed by atoms with Crippen LogP contribution in [0.2, 0.25) is 0 Å². The van der Waals surface area contributed by atoms with E-state index in [1.54, 1.807) is 31.3 Å². The summed E-state index contributed by atoms with van der Waals surface area (Å²) < 4.78 is 11.5. The first-order chi connectivity index (χ1) is 10.0. The van der Waals surface area contributed by atoms with Crippen molar-refractivity contribution >= 4 is 11.8 Å². The fourth-order valence-electron chi connectivity index (χ4n) is 1.68. The van der Waals surface area contributed by atoms with Crippen LogP contribution in [0.4, 0.5) is 5.82 Å². The molecule has 0 fully saturated rings. The lowest BCUT2D eigenvalue weighted by Gasteiger charge is -2.06. The average Bonchev–Trinajstić information content (AvgIpc) is 2.82.